The van der Waals surface area contributed by atoms with Crippen LogP contribution < -0.4 is 5.32 Å². The van der Waals surface area contributed by atoms with Crippen molar-refractivity contribution in [1.82, 2.24) is 10.3 Å². The van der Waals surface area contributed by atoms with E-state index in [9.17, 15) is 4.79 Å². The third-order valence-corrected chi connectivity index (χ3v) is 3.99. The summed E-state index contributed by atoms with van der Waals surface area (Å²) in [7, 11) is 0. The Kier molecular flexibility index (Phi) is 3.65. The van der Waals surface area contributed by atoms with Crippen molar-refractivity contribution in [2.75, 3.05) is 0 Å². The minimum atomic E-state index is -0.741. The van der Waals surface area contributed by atoms with Gasteiger partial charge in [-0.05, 0) is 43.4 Å². The minimum Gasteiger partial charge on any atom is -0.480 e. The van der Waals surface area contributed by atoms with E-state index in [2.05, 4.69) is 16.4 Å². The molecule has 0 bridgehead atoms. The number of carboxylic acids is 1. The molecular formula is C16H18N2O2. The van der Waals surface area contributed by atoms with Gasteiger partial charge in [-0.2, -0.15) is 0 Å². The molecule has 1 aliphatic heterocycles. The third kappa shape index (κ3) is 2.65. The van der Waals surface area contributed by atoms with Crippen molar-refractivity contribution in [2.45, 2.75) is 37.8 Å². The molecule has 0 radical (unpaired) electrons. The highest BCUT2D eigenvalue weighted by atomic mass is 16.4. The summed E-state index contributed by atoms with van der Waals surface area (Å²) in [6.07, 6.45) is 5.41. The van der Waals surface area contributed by atoms with Gasteiger partial charge in [0, 0.05) is 17.6 Å². The Hall–Kier alpha value is -1.94. The Morgan fingerprint density at radius 1 is 1.30 bits per heavy atom. The number of nitrogens with one attached hydrogen (secondary N) is 1. The van der Waals surface area contributed by atoms with Crippen LogP contribution in [0.3, 0.4) is 0 Å². The zero-order valence-electron chi connectivity index (χ0n) is 11.2. The molecule has 0 aliphatic carbocycles. The van der Waals surface area contributed by atoms with E-state index in [4.69, 9.17) is 5.11 Å². The van der Waals surface area contributed by atoms with Gasteiger partial charge in [0.15, 0.2) is 0 Å². The largest absolute Gasteiger partial charge is 0.480 e. The molecule has 2 aromatic rings. The zero-order valence-corrected chi connectivity index (χ0v) is 11.2. The maximum atomic E-state index is 11.1. The van der Waals surface area contributed by atoms with Gasteiger partial charge in [-0.3, -0.25) is 9.78 Å². The van der Waals surface area contributed by atoms with E-state index < -0.39 is 12.0 Å². The van der Waals surface area contributed by atoms with Crippen molar-refractivity contribution < 1.29 is 9.90 Å². The molecule has 0 amide bonds. The number of carbonyl (C=O) groups is 1. The van der Waals surface area contributed by atoms with Gasteiger partial charge in [-0.1, -0.05) is 18.2 Å². The first-order valence-electron chi connectivity index (χ1n) is 7.05. The summed E-state index contributed by atoms with van der Waals surface area (Å²) in [4.78, 5) is 15.5. The van der Waals surface area contributed by atoms with Crippen molar-refractivity contribution in [3.05, 3.63) is 42.1 Å². The number of hydrogen-bond donors (Lipinski definition) is 2. The van der Waals surface area contributed by atoms with Crippen molar-refractivity contribution in [1.29, 1.82) is 0 Å². The highest BCUT2D eigenvalue weighted by Crippen LogP contribution is 2.21. The summed E-state index contributed by atoms with van der Waals surface area (Å²) >= 11 is 0. The lowest BCUT2D eigenvalue weighted by molar-refractivity contribution is -0.140. The number of benzene rings is 1. The summed E-state index contributed by atoms with van der Waals surface area (Å²) in [6, 6.07) is 9.95. The van der Waals surface area contributed by atoms with E-state index in [-0.39, 0.29) is 6.04 Å². The average Bonchev–Trinajstić information content (AvgIpc) is 2.48. The average molecular weight is 270 g/mol. The van der Waals surface area contributed by atoms with Crippen LogP contribution >= 0.6 is 0 Å². The monoisotopic (exact) mass is 270 g/mol. The number of rotatable bonds is 3. The van der Waals surface area contributed by atoms with E-state index in [0.29, 0.717) is 0 Å². The first-order chi connectivity index (χ1) is 9.74. The maximum Gasteiger partial charge on any atom is 0.320 e. The number of hydrogen-bond acceptors (Lipinski definition) is 3. The summed E-state index contributed by atoms with van der Waals surface area (Å²) in [6.45, 7) is 0. The van der Waals surface area contributed by atoms with Crippen molar-refractivity contribution in [2.24, 2.45) is 0 Å². The normalized spacial score (nSPS) is 22.8. The van der Waals surface area contributed by atoms with Crippen LogP contribution in [0.15, 0.2) is 36.5 Å². The van der Waals surface area contributed by atoms with Crippen LogP contribution in [0.25, 0.3) is 10.9 Å². The van der Waals surface area contributed by atoms with Gasteiger partial charge in [0.1, 0.15) is 6.04 Å². The second kappa shape index (κ2) is 5.59. The molecule has 2 atom stereocenters. The summed E-state index contributed by atoms with van der Waals surface area (Å²) < 4.78 is 0. The summed E-state index contributed by atoms with van der Waals surface area (Å²) in [5, 5.41) is 13.5. The molecule has 1 aromatic heterocycles. The number of aromatic nitrogens is 1. The molecule has 0 spiro atoms. The topological polar surface area (TPSA) is 62.2 Å². The predicted octanol–water partition coefficient (Wildman–Crippen LogP) is 2.37. The smallest absolute Gasteiger partial charge is 0.320 e. The second-order valence-electron chi connectivity index (χ2n) is 5.38. The Morgan fingerprint density at radius 3 is 3.00 bits per heavy atom. The number of aliphatic carboxylic acids is 1. The number of carboxylic acid groups (broad SMARTS) is 1. The van der Waals surface area contributed by atoms with Gasteiger partial charge < -0.3 is 10.4 Å². The van der Waals surface area contributed by atoms with E-state index in [0.717, 1.165) is 36.6 Å². The van der Waals surface area contributed by atoms with Gasteiger partial charge in [0.25, 0.3) is 0 Å². The zero-order chi connectivity index (χ0) is 13.9. The molecule has 2 heterocycles. The second-order valence-corrected chi connectivity index (χ2v) is 5.38. The number of para-hydroxylation sites is 1. The molecule has 1 aliphatic rings. The standard InChI is InChI=1S/C16H18N2O2/c19-16(20)15-7-3-4-12(18-15)10-11-8-9-17-14-6-2-1-5-13(11)14/h1-2,5-6,8-9,12,15,18H,3-4,7,10H2,(H,19,20). The Morgan fingerprint density at radius 2 is 2.15 bits per heavy atom. The highest BCUT2D eigenvalue weighted by molar-refractivity contribution is 5.81. The van der Waals surface area contributed by atoms with Gasteiger partial charge in [0.2, 0.25) is 0 Å². The van der Waals surface area contributed by atoms with Crippen molar-refractivity contribution in [3.8, 4) is 0 Å². The number of pyridine rings is 1. The molecule has 1 aromatic carbocycles. The van der Waals surface area contributed by atoms with E-state index in [1.807, 2.05) is 30.5 Å². The molecule has 4 nitrogen and oxygen atoms in total. The highest BCUT2D eigenvalue weighted by Gasteiger charge is 2.26. The van der Waals surface area contributed by atoms with E-state index >= 15 is 0 Å². The van der Waals surface area contributed by atoms with Crippen LogP contribution in [-0.2, 0) is 11.2 Å². The molecule has 1 fully saturated rings. The third-order valence-electron chi connectivity index (χ3n) is 3.99. The Balaban J connectivity index is 1.81. The summed E-state index contributed by atoms with van der Waals surface area (Å²) in [5.74, 6) is -0.741. The van der Waals surface area contributed by atoms with Gasteiger partial charge >= 0.3 is 5.97 Å². The molecule has 3 rings (SSSR count). The quantitative estimate of drug-likeness (QED) is 0.899. The first kappa shape index (κ1) is 13.1. The predicted molar refractivity (Wildman–Crippen MR) is 77.6 cm³/mol. The van der Waals surface area contributed by atoms with Crippen LogP contribution in [0.5, 0.6) is 0 Å². The van der Waals surface area contributed by atoms with Gasteiger partial charge in [-0.25, -0.2) is 0 Å². The number of nitrogens with zero attached hydrogens (tertiary/aromatic N) is 1. The Bertz CT molecular complexity index is 621. The molecular weight excluding hydrogens is 252 g/mol. The molecule has 104 valence electrons. The molecule has 1 saturated heterocycles. The van der Waals surface area contributed by atoms with Crippen LogP contribution in [0.2, 0.25) is 0 Å². The fraction of sp³-hybridized carbons (Fsp3) is 0.375. The van der Waals surface area contributed by atoms with Crippen molar-refractivity contribution >= 4 is 16.9 Å². The minimum absolute atomic E-state index is 0.232. The van der Waals surface area contributed by atoms with E-state index in [1.165, 1.54) is 5.56 Å². The van der Waals surface area contributed by atoms with Gasteiger partial charge in [-0.15, -0.1) is 0 Å². The van der Waals surface area contributed by atoms with Crippen LogP contribution in [0.1, 0.15) is 24.8 Å². The fourth-order valence-electron chi connectivity index (χ4n) is 2.97. The SMILES string of the molecule is O=C(O)C1CCCC(Cc2ccnc3ccccc23)N1. The molecule has 20 heavy (non-hydrogen) atoms. The molecule has 2 unspecified atom stereocenters. The Labute approximate surface area is 117 Å². The lowest BCUT2D eigenvalue weighted by atomic mass is 9.93. The lowest BCUT2D eigenvalue weighted by Crippen LogP contribution is -2.47. The van der Waals surface area contributed by atoms with E-state index in [1.54, 1.807) is 0 Å². The molecule has 4 heteroatoms. The first-order valence-corrected chi connectivity index (χ1v) is 7.05. The molecule has 0 saturated carbocycles. The summed E-state index contributed by atoms with van der Waals surface area (Å²) in [5.41, 5.74) is 2.23. The van der Waals surface area contributed by atoms with Crippen LogP contribution in [-0.4, -0.2) is 28.1 Å². The maximum absolute atomic E-state index is 11.1. The molecule has 2 N–H and O–H groups in total. The van der Waals surface area contributed by atoms with Gasteiger partial charge in [0.05, 0.1) is 5.52 Å². The van der Waals surface area contributed by atoms with Crippen molar-refractivity contribution in [3.63, 3.8) is 0 Å². The lowest BCUT2D eigenvalue weighted by Gasteiger charge is -2.28. The number of fused-ring (bicyclic) bond motifs is 1. The number of piperidine rings is 1. The van der Waals surface area contributed by atoms with Crippen LogP contribution in [0, 0.1) is 0 Å². The van der Waals surface area contributed by atoms with Crippen LogP contribution in [0.4, 0.5) is 0 Å². The fourth-order valence-corrected chi connectivity index (χ4v) is 2.97.